The zero-order chi connectivity index (χ0) is 9.26. The summed E-state index contributed by atoms with van der Waals surface area (Å²) in [5.74, 6) is 0.673. The van der Waals surface area contributed by atoms with Crippen LogP contribution in [0, 0.1) is 5.82 Å². The van der Waals surface area contributed by atoms with Gasteiger partial charge >= 0.3 is 0 Å². The summed E-state index contributed by atoms with van der Waals surface area (Å²) in [6.07, 6.45) is 3.38. The molecular formula is C11H13FO. The lowest BCUT2D eigenvalue weighted by molar-refractivity contribution is 0.302. The van der Waals surface area contributed by atoms with Crippen LogP contribution in [0.25, 0.3) is 0 Å². The van der Waals surface area contributed by atoms with E-state index >= 15 is 0 Å². The fraction of sp³-hybridized carbons (Fsp3) is 0.455. The Morgan fingerprint density at radius 1 is 1.46 bits per heavy atom. The second-order valence-electron chi connectivity index (χ2n) is 3.42. The molecule has 0 N–H and O–H groups in total. The molecule has 0 unspecified atom stereocenters. The highest BCUT2D eigenvalue weighted by Crippen LogP contribution is 2.27. The largest absolute Gasteiger partial charge is 0.490 e. The maximum absolute atomic E-state index is 13.1. The Morgan fingerprint density at radius 3 is 2.85 bits per heavy atom. The molecule has 1 fully saturated rings. The summed E-state index contributed by atoms with van der Waals surface area (Å²) in [5, 5.41) is 0. The van der Waals surface area contributed by atoms with E-state index < -0.39 is 0 Å². The molecule has 1 saturated carbocycles. The van der Waals surface area contributed by atoms with Crippen molar-refractivity contribution in [2.24, 2.45) is 0 Å². The minimum Gasteiger partial charge on any atom is -0.490 e. The average molecular weight is 180 g/mol. The third-order valence-corrected chi connectivity index (χ3v) is 2.23. The zero-order valence-electron chi connectivity index (χ0n) is 7.72. The summed E-state index contributed by atoms with van der Waals surface area (Å²) in [4.78, 5) is 0. The summed E-state index contributed by atoms with van der Waals surface area (Å²) < 4.78 is 18.6. The third-order valence-electron chi connectivity index (χ3n) is 2.23. The van der Waals surface area contributed by atoms with Crippen LogP contribution < -0.4 is 4.74 Å². The van der Waals surface area contributed by atoms with Gasteiger partial charge in [0.1, 0.15) is 11.6 Å². The van der Waals surface area contributed by atoms with Crippen molar-refractivity contribution in [3.8, 4) is 5.75 Å². The van der Waals surface area contributed by atoms with Crippen LogP contribution >= 0.6 is 0 Å². The highest BCUT2D eigenvalue weighted by molar-refractivity contribution is 5.30. The van der Waals surface area contributed by atoms with Gasteiger partial charge in [-0.15, -0.1) is 0 Å². The predicted molar refractivity (Wildman–Crippen MR) is 49.4 cm³/mol. The lowest BCUT2D eigenvalue weighted by atomic mass is 10.1. The quantitative estimate of drug-likeness (QED) is 0.695. The Morgan fingerprint density at radius 2 is 2.23 bits per heavy atom. The first-order valence-corrected chi connectivity index (χ1v) is 4.74. The van der Waals surface area contributed by atoms with Crippen molar-refractivity contribution < 1.29 is 9.13 Å². The Hall–Kier alpha value is -1.05. The molecule has 0 bridgehead atoms. The highest BCUT2D eigenvalue weighted by atomic mass is 19.1. The Bertz CT molecular complexity index is 305. The topological polar surface area (TPSA) is 9.23 Å². The average Bonchev–Trinajstić information content (AvgIpc) is 2.92. The summed E-state index contributed by atoms with van der Waals surface area (Å²) in [5.41, 5.74) is 0.734. The van der Waals surface area contributed by atoms with Crippen molar-refractivity contribution in [1.82, 2.24) is 0 Å². The van der Waals surface area contributed by atoms with E-state index in [1.807, 2.05) is 6.92 Å². The number of ether oxygens (including phenoxy) is 1. The first kappa shape index (κ1) is 8.54. The zero-order valence-corrected chi connectivity index (χ0v) is 7.72. The van der Waals surface area contributed by atoms with Crippen LogP contribution in [0.1, 0.15) is 25.3 Å². The molecule has 0 aliphatic heterocycles. The standard InChI is InChI=1S/C11H13FO/c1-2-8-7-10(5-6-11(8)12)13-9-3-4-9/h5-7,9H,2-4H2,1H3. The summed E-state index contributed by atoms with van der Waals surface area (Å²) >= 11 is 0. The van der Waals surface area contributed by atoms with Crippen molar-refractivity contribution in [3.05, 3.63) is 29.6 Å². The maximum atomic E-state index is 13.1. The van der Waals surface area contributed by atoms with Gasteiger partial charge in [0.05, 0.1) is 6.10 Å². The number of hydrogen-bond donors (Lipinski definition) is 0. The summed E-state index contributed by atoms with van der Waals surface area (Å²) in [6, 6.07) is 4.98. The highest BCUT2D eigenvalue weighted by Gasteiger charge is 2.23. The second-order valence-corrected chi connectivity index (χ2v) is 3.42. The Balaban J connectivity index is 2.16. The van der Waals surface area contributed by atoms with Crippen LogP contribution in [0.3, 0.4) is 0 Å². The van der Waals surface area contributed by atoms with Gasteiger partial charge in [0, 0.05) is 0 Å². The van der Waals surface area contributed by atoms with Gasteiger partial charge in [-0.25, -0.2) is 4.39 Å². The van der Waals surface area contributed by atoms with Crippen molar-refractivity contribution in [2.45, 2.75) is 32.3 Å². The smallest absolute Gasteiger partial charge is 0.126 e. The predicted octanol–water partition coefficient (Wildman–Crippen LogP) is 2.93. The van der Waals surface area contributed by atoms with E-state index in [4.69, 9.17) is 4.74 Å². The normalized spacial score (nSPS) is 15.8. The molecule has 1 aliphatic rings. The first-order valence-electron chi connectivity index (χ1n) is 4.74. The second kappa shape index (κ2) is 3.36. The fourth-order valence-electron chi connectivity index (χ4n) is 1.27. The Kier molecular flexibility index (Phi) is 2.21. The number of hydrogen-bond acceptors (Lipinski definition) is 1. The van der Waals surface area contributed by atoms with Crippen LogP contribution in [0.2, 0.25) is 0 Å². The van der Waals surface area contributed by atoms with Crippen molar-refractivity contribution >= 4 is 0 Å². The maximum Gasteiger partial charge on any atom is 0.126 e. The van der Waals surface area contributed by atoms with Gasteiger partial charge in [0.2, 0.25) is 0 Å². The molecule has 1 nitrogen and oxygen atoms in total. The first-order chi connectivity index (χ1) is 6.29. The molecule has 0 spiro atoms. The SMILES string of the molecule is CCc1cc(OC2CC2)ccc1F. The molecule has 0 atom stereocenters. The van der Waals surface area contributed by atoms with Gasteiger partial charge in [-0.1, -0.05) is 6.92 Å². The summed E-state index contributed by atoms with van der Waals surface area (Å²) in [7, 11) is 0. The fourth-order valence-corrected chi connectivity index (χ4v) is 1.27. The van der Waals surface area contributed by atoms with Gasteiger partial charge in [0.25, 0.3) is 0 Å². The summed E-state index contributed by atoms with van der Waals surface area (Å²) in [6.45, 7) is 1.94. The van der Waals surface area contributed by atoms with Crippen LogP contribution in [0.4, 0.5) is 4.39 Å². The number of benzene rings is 1. The number of aryl methyl sites for hydroxylation is 1. The van der Waals surface area contributed by atoms with Gasteiger partial charge < -0.3 is 4.74 Å². The number of rotatable bonds is 3. The molecule has 0 heterocycles. The molecule has 0 radical (unpaired) electrons. The van der Waals surface area contributed by atoms with Gasteiger partial charge in [-0.2, -0.15) is 0 Å². The molecule has 2 heteroatoms. The monoisotopic (exact) mass is 180 g/mol. The van der Waals surface area contributed by atoms with E-state index in [1.54, 1.807) is 12.1 Å². The van der Waals surface area contributed by atoms with Crippen molar-refractivity contribution in [1.29, 1.82) is 0 Å². The van der Waals surface area contributed by atoms with Gasteiger partial charge in [0.15, 0.2) is 0 Å². The molecule has 70 valence electrons. The van der Waals surface area contributed by atoms with E-state index in [0.29, 0.717) is 12.5 Å². The van der Waals surface area contributed by atoms with E-state index in [0.717, 1.165) is 24.2 Å². The minimum atomic E-state index is -0.134. The van der Waals surface area contributed by atoms with Crippen molar-refractivity contribution in [2.75, 3.05) is 0 Å². The molecule has 13 heavy (non-hydrogen) atoms. The van der Waals surface area contributed by atoms with Gasteiger partial charge in [-0.05, 0) is 43.0 Å². The lowest BCUT2D eigenvalue weighted by Gasteiger charge is -2.06. The van der Waals surface area contributed by atoms with Crippen LogP contribution in [-0.4, -0.2) is 6.10 Å². The van der Waals surface area contributed by atoms with E-state index in [9.17, 15) is 4.39 Å². The minimum absolute atomic E-state index is 0.134. The molecular weight excluding hydrogens is 167 g/mol. The van der Waals surface area contributed by atoms with Crippen molar-refractivity contribution in [3.63, 3.8) is 0 Å². The molecule has 0 amide bonds. The molecule has 2 rings (SSSR count). The van der Waals surface area contributed by atoms with Gasteiger partial charge in [-0.3, -0.25) is 0 Å². The van der Waals surface area contributed by atoms with Crippen LogP contribution in [-0.2, 0) is 6.42 Å². The van der Waals surface area contributed by atoms with E-state index in [2.05, 4.69) is 0 Å². The molecule has 1 aromatic carbocycles. The third kappa shape index (κ3) is 2.00. The number of halogens is 1. The van der Waals surface area contributed by atoms with Crippen LogP contribution in [0.15, 0.2) is 18.2 Å². The molecule has 1 aliphatic carbocycles. The Labute approximate surface area is 77.5 Å². The van der Waals surface area contributed by atoms with Crippen LogP contribution in [0.5, 0.6) is 5.75 Å². The molecule has 0 aromatic heterocycles. The van der Waals surface area contributed by atoms with E-state index in [-0.39, 0.29) is 5.82 Å². The molecule has 1 aromatic rings. The van der Waals surface area contributed by atoms with E-state index in [1.165, 1.54) is 6.07 Å². The molecule has 0 saturated heterocycles. The lowest BCUT2D eigenvalue weighted by Crippen LogP contribution is -1.97.